The van der Waals surface area contributed by atoms with Gasteiger partial charge < -0.3 is 5.73 Å². The van der Waals surface area contributed by atoms with Crippen molar-refractivity contribution in [2.24, 2.45) is 11.7 Å². The highest BCUT2D eigenvalue weighted by Crippen LogP contribution is 2.31. The molecule has 2 rings (SSSR count). The van der Waals surface area contributed by atoms with Crippen LogP contribution in [0.25, 0.3) is 0 Å². The lowest BCUT2D eigenvalue weighted by molar-refractivity contribution is -0.137. The Morgan fingerprint density at radius 2 is 1.82 bits per heavy atom. The summed E-state index contributed by atoms with van der Waals surface area (Å²) in [6, 6.07) is 3.63. The van der Waals surface area contributed by atoms with Gasteiger partial charge in [0.15, 0.2) is 0 Å². The average molecular weight is 336 g/mol. The third-order valence-corrected chi connectivity index (χ3v) is 5.55. The number of piperidine rings is 1. The number of hydrogen-bond acceptors (Lipinski definition) is 3. The average Bonchev–Trinajstić information content (AvgIpc) is 2.46. The van der Waals surface area contributed by atoms with Gasteiger partial charge in [0.25, 0.3) is 0 Å². The number of nitrogens with zero attached hydrogens (tertiary/aromatic N) is 1. The first-order valence-corrected chi connectivity index (χ1v) is 8.03. The highest BCUT2D eigenvalue weighted by molar-refractivity contribution is 7.89. The number of rotatable bonds is 3. The van der Waals surface area contributed by atoms with Gasteiger partial charge in [-0.2, -0.15) is 17.5 Å². The van der Waals surface area contributed by atoms with Crippen LogP contribution in [-0.2, 0) is 21.0 Å². The second kappa shape index (κ2) is 5.88. The molecule has 0 aliphatic carbocycles. The van der Waals surface area contributed by atoms with Crippen molar-refractivity contribution >= 4 is 15.9 Å². The minimum absolute atomic E-state index is 0.0617. The van der Waals surface area contributed by atoms with Crippen LogP contribution < -0.4 is 5.73 Å². The quantitative estimate of drug-likeness (QED) is 0.910. The van der Waals surface area contributed by atoms with E-state index in [-0.39, 0.29) is 25.9 Å². The van der Waals surface area contributed by atoms with E-state index in [0.717, 1.165) is 22.5 Å². The number of amides is 1. The number of hydrogen-bond donors (Lipinski definition) is 1. The molecule has 5 nitrogen and oxygen atoms in total. The molecule has 0 atom stereocenters. The predicted octanol–water partition coefficient (Wildman–Crippen LogP) is 1.59. The molecule has 1 fully saturated rings. The summed E-state index contributed by atoms with van der Waals surface area (Å²) in [7, 11) is -4.01. The number of alkyl halides is 3. The number of halogens is 3. The molecule has 22 heavy (non-hydrogen) atoms. The SMILES string of the molecule is NC(=O)C1CCN(S(=O)(=O)c2cccc(C(F)(F)F)c2)CC1. The van der Waals surface area contributed by atoms with E-state index in [1.807, 2.05) is 0 Å². The standard InChI is InChI=1S/C13H15F3N2O3S/c14-13(15,16)10-2-1-3-11(8-10)22(20,21)18-6-4-9(5-7-18)12(17)19/h1-3,8-9H,4-7H2,(H2,17,19). The molecule has 0 spiro atoms. The molecule has 0 aromatic heterocycles. The van der Waals surface area contributed by atoms with Gasteiger partial charge in [-0.15, -0.1) is 0 Å². The second-order valence-corrected chi connectivity index (χ2v) is 7.04. The first-order chi connectivity index (χ1) is 10.1. The summed E-state index contributed by atoms with van der Waals surface area (Å²) >= 11 is 0. The van der Waals surface area contributed by atoms with Crippen LogP contribution in [0.2, 0.25) is 0 Å². The van der Waals surface area contributed by atoms with Crippen LogP contribution in [0, 0.1) is 5.92 Å². The number of benzene rings is 1. The van der Waals surface area contributed by atoms with Crippen LogP contribution >= 0.6 is 0 Å². The van der Waals surface area contributed by atoms with Crippen LogP contribution in [0.15, 0.2) is 29.2 Å². The van der Waals surface area contributed by atoms with Crippen molar-refractivity contribution in [2.75, 3.05) is 13.1 Å². The lowest BCUT2D eigenvalue weighted by Crippen LogP contribution is -2.41. The summed E-state index contributed by atoms with van der Waals surface area (Å²) < 4.78 is 63.9. The van der Waals surface area contributed by atoms with Crippen LogP contribution in [0.5, 0.6) is 0 Å². The van der Waals surface area contributed by atoms with Crippen LogP contribution in [-0.4, -0.2) is 31.7 Å². The highest BCUT2D eigenvalue weighted by Gasteiger charge is 2.34. The van der Waals surface area contributed by atoms with Gasteiger partial charge >= 0.3 is 6.18 Å². The Morgan fingerprint density at radius 3 is 2.32 bits per heavy atom. The fraction of sp³-hybridized carbons (Fsp3) is 0.462. The Morgan fingerprint density at radius 1 is 1.23 bits per heavy atom. The van der Waals surface area contributed by atoms with Crippen molar-refractivity contribution in [3.63, 3.8) is 0 Å². The number of primary amides is 1. The van der Waals surface area contributed by atoms with Crippen molar-refractivity contribution in [3.8, 4) is 0 Å². The largest absolute Gasteiger partial charge is 0.416 e. The minimum Gasteiger partial charge on any atom is -0.369 e. The fourth-order valence-electron chi connectivity index (χ4n) is 2.36. The molecule has 1 heterocycles. The Balaban J connectivity index is 2.23. The number of sulfonamides is 1. The maximum absolute atomic E-state index is 12.7. The summed E-state index contributed by atoms with van der Waals surface area (Å²) in [4.78, 5) is 10.7. The summed E-state index contributed by atoms with van der Waals surface area (Å²) in [6.45, 7) is 0.123. The Hall–Kier alpha value is -1.61. The lowest BCUT2D eigenvalue weighted by Gasteiger charge is -2.29. The minimum atomic E-state index is -4.61. The molecule has 0 unspecified atom stereocenters. The zero-order valence-corrected chi connectivity index (χ0v) is 12.3. The van der Waals surface area contributed by atoms with Crippen LogP contribution in [0.4, 0.5) is 13.2 Å². The summed E-state index contributed by atoms with van der Waals surface area (Å²) in [5.41, 5.74) is 4.16. The Kier molecular flexibility index (Phi) is 4.48. The highest BCUT2D eigenvalue weighted by atomic mass is 32.2. The number of carbonyl (C=O) groups is 1. The molecule has 122 valence electrons. The van der Waals surface area contributed by atoms with E-state index in [1.54, 1.807) is 0 Å². The molecule has 2 N–H and O–H groups in total. The van der Waals surface area contributed by atoms with Crippen LogP contribution in [0.3, 0.4) is 0 Å². The molecule has 1 aromatic carbocycles. The van der Waals surface area contributed by atoms with Crippen molar-refractivity contribution in [1.29, 1.82) is 0 Å². The van der Waals surface area contributed by atoms with Gasteiger partial charge in [-0.25, -0.2) is 8.42 Å². The van der Waals surface area contributed by atoms with Gasteiger partial charge in [-0.05, 0) is 31.0 Å². The van der Waals surface area contributed by atoms with Crippen LogP contribution in [0.1, 0.15) is 18.4 Å². The normalized spacial score (nSPS) is 18.3. The molecule has 0 saturated carbocycles. The van der Waals surface area contributed by atoms with Crippen molar-refractivity contribution in [2.45, 2.75) is 23.9 Å². The molecule has 1 aliphatic heterocycles. The summed E-state index contributed by atoms with van der Waals surface area (Å²) in [5, 5.41) is 0. The van der Waals surface area contributed by atoms with E-state index in [9.17, 15) is 26.4 Å². The molecule has 9 heteroatoms. The molecule has 1 saturated heterocycles. The van der Waals surface area contributed by atoms with E-state index < -0.39 is 38.5 Å². The van der Waals surface area contributed by atoms with E-state index in [1.165, 1.54) is 0 Å². The van der Waals surface area contributed by atoms with Gasteiger partial charge in [-0.1, -0.05) is 6.07 Å². The predicted molar refractivity (Wildman–Crippen MR) is 72.1 cm³/mol. The number of nitrogens with two attached hydrogens (primary N) is 1. The van der Waals surface area contributed by atoms with Gasteiger partial charge in [0, 0.05) is 19.0 Å². The third-order valence-electron chi connectivity index (χ3n) is 3.66. The van der Waals surface area contributed by atoms with Gasteiger partial charge in [-0.3, -0.25) is 4.79 Å². The Labute approximate surface area is 125 Å². The maximum atomic E-state index is 12.7. The zero-order chi connectivity index (χ0) is 16.5. The number of carbonyl (C=O) groups excluding carboxylic acids is 1. The van der Waals surface area contributed by atoms with E-state index in [4.69, 9.17) is 5.73 Å². The summed E-state index contributed by atoms with van der Waals surface area (Å²) in [6.07, 6.45) is -4.06. The third kappa shape index (κ3) is 3.41. The molecule has 1 amide bonds. The first kappa shape index (κ1) is 16.8. The van der Waals surface area contributed by atoms with Gasteiger partial charge in [0.1, 0.15) is 0 Å². The lowest BCUT2D eigenvalue weighted by atomic mass is 9.98. The monoisotopic (exact) mass is 336 g/mol. The molecular formula is C13H15F3N2O3S. The molecule has 1 aliphatic rings. The molecular weight excluding hydrogens is 321 g/mol. The fourth-order valence-corrected chi connectivity index (χ4v) is 3.88. The molecule has 0 bridgehead atoms. The van der Waals surface area contributed by atoms with Crippen molar-refractivity contribution < 1.29 is 26.4 Å². The Bertz CT molecular complexity index is 665. The second-order valence-electron chi connectivity index (χ2n) is 5.11. The van der Waals surface area contributed by atoms with E-state index in [0.29, 0.717) is 6.07 Å². The zero-order valence-electron chi connectivity index (χ0n) is 11.5. The summed E-state index contributed by atoms with van der Waals surface area (Å²) in [5.74, 6) is -0.885. The van der Waals surface area contributed by atoms with E-state index in [2.05, 4.69) is 0 Å². The van der Waals surface area contributed by atoms with Gasteiger partial charge in [0.2, 0.25) is 15.9 Å². The maximum Gasteiger partial charge on any atom is 0.416 e. The van der Waals surface area contributed by atoms with E-state index >= 15 is 0 Å². The molecule has 1 aromatic rings. The molecule has 0 radical (unpaired) electrons. The van der Waals surface area contributed by atoms with Crippen molar-refractivity contribution in [3.05, 3.63) is 29.8 Å². The van der Waals surface area contributed by atoms with Crippen molar-refractivity contribution in [1.82, 2.24) is 4.31 Å². The smallest absolute Gasteiger partial charge is 0.369 e. The topological polar surface area (TPSA) is 80.5 Å². The first-order valence-electron chi connectivity index (χ1n) is 6.59. The van der Waals surface area contributed by atoms with Gasteiger partial charge in [0.05, 0.1) is 10.5 Å².